The van der Waals surface area contributed by atoms with Crippen LogP contribution in [-0.2, 0) is 51.2 Å². The second kappa shape index (κ2) is 24.8. The van der Waals surface area contributed by atoms with Crippen molar-refractivity contribution in [3.05, 3.63) is 64.8 Å². The van der Waals surface area contributed by atoms with E-state index in [1.165, 1.54) is 51.6 Å². The number of Topliss-reactive ketones (excluding diaryl/α,β-unsaturated/α-hetero) is 1. The summed E-state index contributed by atoms with van der Waals surface area (Å²) in [6.07, 6.45) is 1.27. The highest BCUT2D eigenvalue weighted by Crippen LogP contribution is 2.29. The summed E-state index contributed by atoms with van der Waals surface area (Å²) in [5.41, 5.74) is 1.99. The van der Waals surface area contributed by atoms with Gasteiger partial charge in [-0.3, -0.25) is 38.4 Å². The predicted molar refractivity (Wildman–Crippen MR) is 261 cm³/mol. The first-order chi connectivity index (χ1) is 32.3. The molecule has 0 bridgehead atoms. The number of ketones is 1. The Kier molecular flexibility index (Phi) is 19.6. The molecule has 0 saturated carbocycles. The van der Waals surface area contributed by atoms with Crippen LogP contribution in [0.5, 0.6) is 5.75 Å². The molecule has 18 nitrogen and oxygen atoms in total. The quantitative estimate of drug-likeness (QED) is 0.112. The molecule has 1 unspecified atom stereocenters. The number of hydrogen-bond donors (Lipinski definition) is 9. The standard InChI is InChI=1S/C47H63ClN8O10S2/c1-7-25(4)41(27(6)57)55-44(63)36(17-29-19-49-33-11-9-8-10-31(29)33)52-45(64)37-23-68-67-22-26(5)47(66)56-21-30(58)18-38(56)46(65)53-35(16-28-12-13-39(59)32(48)15-28)42(61)50-20-40(60)51-34(14-24(2)3)43(62)54-37/h8-13,15,19,24-26,30,34-38,41,49,58-59H,7,14,16-18,20-23H2,1-6H3,(H,50,61)(H,51,60)(H,52,64)(H,53,65)(H,54,62)(H,55,63)/t25?,26-,30+,34-,35-,36-,37-,38-,41-/m0/s1. The molecule has 68 heavy (non-hydrogen) atoms. The highest BCUT2D eigenvalue weighted by molar-refractivity contribution is 8.76. The van der Waals surface area contributed by atoms with Crippen LogP contribution in [0.15, 0.2) is 48.7 Å². The Morgan fingerprint density at radius 3 is 2.34 bits per heavy atom. The number of phenols is 1. The molecule has 2 aromatic carbocycles. The monoisotopic (exact) mass is 998 g/mol. The maximum absolute atomic E-state index is 14.5. The summed E-state index contributed by atoms with van der Waals surface area (Å²) in [6.45, 7) is 9.74. The first kappa shape index (κ1) is 53.6. The lowest BCUT2D eigenvalue weighted by molar-refractivity contribution is -0.141. The van der Waals surface area contributed by atoms with E-state index in [0.29, 0.717) is 12.0 Å². The van der Waals surface area contributed by atoms with Crippen LogP contribution in [0.4, 0.5) is 0 Å². The number of fused-ring (bicyclic) bond motifs is 2. The number of amides is 7. The summed E-state index contributed by atoms with van der Waals surface area (Å²) in [7, 11) is 2.43. The number of para-hydroxylation sites is 1. The van der Waals surface area contributed by atoms with Gasteiger partial charge in [-0.1, -0.05) is 98.5 Å². The summed E-state index contributed by atoms with van der Waals surface area (Å²) in [4.78, 5) is 115. The van der Waals surface area contributed by atoms with Gasteiger partial charge in [-0.05, 0) is 54.5 Å². The van der Waals surface area contributed by atoms with Gasteiger partial charge in [0.1, 0.15) is 36.0 Å². The Hall–Kier alpha value is -5.31. The summed E-state index contributed by atoms with van der Waals surface area (Å²) >= 11 is 6.15. The Morgan fingerprint density at radius 1 is 0.926 bits per heavy atom. The number of halogens is 1. The van der Waals surface area contributed by atoms with Gasteiger partial charge in [-0.2, -0.15) is 0 Å². The number of rotatable bonds is 13. The maximum Gasteiger partial charge on any atom is 0.244 e. The fourth-order valence-corrected chi connectivity index (χ4v) is 10.9. The van der Waals surface area contributed by atoms with Gasteiger partial charge in [-0.25, -0.2) is 0 Å². The summed E-state index contributed by atoms with van der Waals surface area (Å²) in [5, 5.41) is 37.9. The average molecular weight is 1000 g/mol. The third-order valence-electron chi connectivity index (χ3n) is 12.1. The summed E-state index contributed by atoms with van der Waals surface area (Å²) < 4.78 is 0. The van der Waals surface area contributed by atoms with Crippen LogP contribution in [0.1, 0.15) is 71.9 Å². The first-order valence-electron chi connectivity index (χ1n) is 22.8. The summed E-state index contributed by atoms with van der Waals surface area (Å²) in [5.74, 6) is -6.01. The van der Waals surface area contributed by atoms with Crippen molar-refractivity contribution in [1.82, 2.24) is 41.8 Å². The van der Waals surface area contributed by atoms with Crippen molar-refractivity contribution in [2.24, 2.45) is 17.8 Å². The van der Waals surface area contributed by atoms with Gasteiger partial charge in [0, 0.05) is 60.3 Å². The number of benzene rings is 2. The third kappa shape index (κ3) is 14.6. The Morgan fingerprint density at radius 2 is 1.65 bits per heavy atom. The number of aromatic nitrogens is 1. The van der Waals surface area contributed by atoms with Crippen LogP contribution in [-0.4, -0.2) is 134 Å². The van der Waals surface area contributed by atoms with E-state index in [1.807, 2.05) is 52.0 Å². The van der Waals surface area contributed by atoms with Crippen LogP contribution in [0.3, 0.4) is 0 Å². The van der Waals surface area contributed by atoms with E-state index in [2.05, 4.69) is 36.9 Å². The van der Waals surface area contributed by atoms with Gasteiger partial charge < -0.3 is 52.0 Å². The fourth-order valence-electron chi connectivity index (χ4n) is 8.15. The number of carbonyl (C=O) groups is 8. The second-order valence-corrected chi connectivity index (χ2v) is 21.0. The molecule has 2 aliphatic heterocycles. The van der Waals surface area contributed by atoms with E-state index >= 15 is 0 Å². The number of aliphatic hydroxyl groups excluding tert-OH is 1. The van der Waals surface area contributed by atoms with Crippen LogP contribution in [0, 0.1) is 17.8 Å². The molecule has 9 atom stereocenters. The minimum atomic E-state index is -1.31. The molecule has 0 aliphatic carbocycles. The number of aromatic hydroxyl groups is 1. The lowest BCUT2D eigenvalue weighted by atomic mass is 9.95. The minimum Gasteiger partial charge on any atom is -0.506 e. The van der Waals surface area contributed by atoms with Crippen molar-refractivity contribution in [2.75, 3.05) is 24.6 Å². The average Bonchev–Trinajstić information content (AvgIpc) is 3.90. The van der Waals surface area contributed by atoms with Gasteiger partial charge in [0.15, 0.2) is 5.78 Å². The number of nitrogens with one attached hydrogen (secondary N) is 7. The number of H-pyrrole nitrogens is 1. The van der Waals surface area contributed by atoms with Crippen molar-refractivity contribution in [1.29, 1.82) is 0 Å². The number of aliphatic hydroxyl groups is 1. The van der Waals surface area contributed by atoms with Crippen LogP contribution < -0.4 is 31.9 Å². The Balaban J connectivity index is 1.44. The summed E-state index contributed by atoms with van der Waals surface area (Å²) in [6, 6.07) is 4.81. The topological polar surface area (TPSA) is 268 Å². The molecule has 0 spiro atoms. The van der Waals surface area contributed by atoms with Crippen molar-refractivity contribution < 1.29 is 48.6 Å². The third-order valence-corrected chi connectivity index (χ3v) is 15.0. The number of hydrogen-bond acceptors (Lipinski definition) is 12. The van der Waals surface area contributed by atoms with Gasteiger partial charge >= 0.3 is 0 Å². The van der Waals surface area contributed by atoms with Gasteiger partial charge in [0.25, 0.3) is 0 Å². The largest absolute Gasteiger partial charge is 0.506 e. The maximum atomic E-state index is 14.5. The Bertz CT molecular complexity index is 2330. The van der Waals surface area contributed by atoms with Crippen molar-refractivity contribution >= 4 is 91.2 Å². The van der Waals surface area contributed by atoms with Crippen molar-refractivity contribution in [3.8, 4) is 5.75 Å². The molecule has 9 N–H and O–H groups in total. The molecule has 2 saturated heterocycles. The highest BCUT2D eigenvalue weighted by atomic mass is 35.5. The molecular weight excluding hydrogens is 936 g/mol. The zero-order valence-electron chi connectivity index (χ0n) is 39.1. The molecule has 2 aliphatic rings. The molecule has 5 rings (SSSR count). The zero-order chi connectivity index (χ0) is 49.8. The fraction of sp³-hybridized carbons (Fsp3) is 0.532. The number of nitrogens with zero attached hydrogens (tertiary/aromatic N) is 1. The molecule has 7 amide bonds. The van der Waals surface area contributed by atoms with Gasteiger partial charge in [-0.15, -0.1) is 0 Å². The molecule has 21 heteroatoms. The van der Waals surface area contributed by atoms with Crippen LogP contribution >= 0.6 is 33.2 Å². The van der Waals surface area contributed by atoms with Gasteiger partial charge in [0.2, 0.25) is 41.4 Å². The molecule has 0 radical (unpaired) electrons. The lowest BCUT2D eigenvalue weighted by Crippen LogP contribution is -2.59. The molecule has 2 fully saturated rings. The van der Waals surface area contributed by atoms with E-state index in [0.717, 1.165) is 16.5 Å². The number of phenolic OH excluding ortho intramolecular Hbond substituents is 1. The van der Waals surface area contributed by atoms with E-state index in [-0.39, 0.29) is 72.1 Å². The zero-order valence-corrected chi connectivity index (χ0v) is 41.4. The smallest absolute Gasteiger partial charge is 0.244 e. The van der Waals surface area contributed by atoms with E-state index in [4.69, 9.17) is 11.6 Å². The minimum absolute atomic E-state index is 0.00560. The van der Waals surface area contributed by atoms with Crippen molar-refractivity contribution in [2.45, 2.75) is 116 Å². The van der Waals surface area contributed by atoms with Crippen molar-refractivity contribution in [3.63, 3.8) is 0 Å². The molecular formula is C47H63ClN8O10S2. The molecule has 1 aromatic heterocycles. The number of aromatic amines is 1. The van der Waals surface area contributed by atoms with Crippen LogP contribution in [0.25, 0.3) is 10.9 Å². The first-order valence-corrected chi connectivity index (χ1v) is 25.7. The molecule has 3 aromatic rings. The van der Waals surface area contributed by atoms with Crippen LogP contribution in [0.2, 0.25) is 5.02 Å². The lowest BCUT2D eigenvalue weighted by Gasteiger charge is -2.29. The Labute approximate surface area is 408 Å². The molecule has 3 heterocycles. The number of carbonyl (C=O) groups excluding carboxylic acids is 8. The normalized spacial score (nSPS) is 23.9. The second-order valence-electron chi connectivity index (χ2n) is 18.1. The molecule has 370 valence electrons. The van der Waals surface area contributed by atoms with E-state index in [9.17, 15) is 48.6 Å². The van der Waals surface area contributed by atoms with Gasteiger partial charge in [0.05, 0.1) is 23.7 Å². The highest BCUT2D eigenvalue weighted by Gasteiger charge is 2.42. The van der Waals surface area contributed by atoms with E-state index < -0.39 is 96.2 Å². The van der Waals surface area contributed by atoms with E-state index in [1.54, 1.807) is 13.1 Å². The predicted octanol–water partition coefficient (Wildman–Crippen LogP) is 2.53. The SMILES string of the molecule is CCC(C)[C@H](NC(=O)[C@H](Cc1c[nH]c2ccccc12)NC(=O)[C@@H]1CSSC[C@H](C)C(=O)N2C[C@H](O)C[C@H]2C(=O)N[C@@H](Cc2ccc(O)c(Cl)c2)C(=O)NCC(=O)N[C@@H](CC(C)C)C(=O)N1)C(C)=O.